The van der Waals surface area contributed by atoms with E-state index in [2.05, 4.69) is 19.2 Å². The predicted molar refractivity (Wildman–Crippen MR) is 74.0 cm³/mol. The average Bonchev–Trinajstić information content (AvgIpc) is 3.09. The third-order valence-electron chi connectivity index (χ3n) is 4.93. The second-order valence-corrected chi connectivity index (χ2v) is 7.16. The van der Waals surface area contributed by atoms with Gasteiger partial charge in [-0.1, -0.05) is 33.1 Å². The minimum Gasteiger partial charge on any atom is -0.329 e. The highest BCUT2D eigenvalue weighted by atomic mass is 15.0. The first-order valence-electron chi connectivity index (χ1n) is 7.50. The van der Waals surface area contributed by atoms with E-state index in [-0.39, 0.29) is 5.54 Å². The fraction of sp³-hybridized carbons (Fsp3) is 1.00. The van der Waals surface area contributed by atoms with Crippen LogP contribution in [0.3, 0.4) is 0 Å². The van der Waals surface area contributed by atoms with Crippen molar-refractivity contribution in [2.24, 2.45) is 17.1 Å². The third kappa shape index (κ3) is 3.96. The fourth-order valence-corrected chi connectivity index (χ4v) is 3.13. The van der Waals surface area contributed by atoms with Crippen LogP contribution < -0.4 is 11.1 Å². The maximum Gasteiger partial charge on any atom is 0.0304 e. The molecule has 2 aliphatic carbocycles. The second kappa shape index (κ2) is 5.27. The highest BCUT2D eigenvalue weighted by molar-refractivity contribution is 4.94. The van der Waals surface area contributed by atoms with Crippen LogP contribution in [0.1, 0.15) is 65.2 Å². The standard InChI is InChI=1S/C15H30N2/c1-14(2)7-3-8-15(12-16,10-9-14)17-11-6-13-4-5-13/h13,17H,3-12,16H2,1-2H3. The Labute approximate surface area is 107 Å². The maximum absolute atomic E-state index is 6.07. The van der Waals surface area contributed by atoms with Gasteiger partial charge in [0.15, 0.2) is 0 Å². The van der Waals surface area contributed by atoms with Gasteiger partial charge in [-0.05, 0) is 50.0 Å². The Morgan fingerprint density at radius 2 is 1.88 bits per heavy atom. The first-order chi connectivity index (χ1) is 8.05. The van der Waals surface area contributed by atoms with E-state index in [1.165, 1.54) is 57.9 Å². The Bertz CT molecular complexity index is 245. The minimum atomic E-state index is 0.253. The molecule has 2 fully saturated rings. The molecule has 2 aliphatic rings. The van der Waals surface area contributed by atoms with Crippen molar-refractivity contribution in [3.05, 3.63) is 0 Å². The Morgan fingerprint density at radius 3 is 2.53 bits per heavy atom. The number of nitrogens with two attached hydrogens (primary N) is 1. The Morgan fingerprint density at radius 1 is 1.12 bits per heavy atom. The van der Waals surface area contributed by atoms with E-state index in [0.29, 0.717) is 5.41 Å². The topological polar surface area (TPSA) is 38.0 Å². The second-order valence-electron chi connectivity index (χ2n) is 7.16. The van der Waals surface area contributed by atoms with Gasteiger partial charge in [0.1, 0.15) is 0 Å². The molecule has 0 aromatic rings. The number of hydrogen-bond acceptors (Lipinski definition) is 2. The lowest BCUT2D eigenvalue weighted by atomic mass is 9.83. The third-order valence-corrected chi connectivity index (χ3v) is 4.93. The molecule has 0 heterocycles. The fourth-order valence-electron chi connectivity index (χ4n) is 3.13. The molecule has 2 rings (SSSR count). The molecule has 100 valence electrons. The van der Waals surface area contributed by atoms with E-state index >= 15 is 0 Å². The highest BCUT2D eigenvalue weighted by Crippen LogP contribution is 2.38. The van der Waals surface area contributed by atoms with Gasteiger partial charge >= 0.3 is 0 Å². The summed E-state index contributed by atoms with van der Waals surface area (Å²) in [6.07, 6.45) is 10.8. The van der Waals surface area contributed by atoms with E-state index in [4.69, 9.17) is 5.73 Å². The van der Waals surface area contributed by atoms with Crippen molar-refractivity contribution in [2.75, 3.05) is 13.1 Å². The average molecular weight is 238 g/mol. The normalized spacial score (nSPS) is 33.4. The predicted octanol–water partition coefficient (Wildman–Crippen LogP) is 3.06. The first kappa shape index (κ1) is 13.4. The van der Waals surface area contributed by atoms with Crippen LogP contribution in [-0.4, -0.2) is 18.6 Å². The van der Waals surface area contributed by atoms with Gasteiger partial charge < -0.3 is 11.1 Å². The summed E-state index contributed by atoms with van der Waals surface area (Å²) in [5, 5.41) is 3.81. The van der Waals surface area contributed by atoms with Crippen LogP contribution in [0.2, 0.25) is 0 Å². The van der Waals surface area contributed by atoms with Crippen molar-refractivity contribution < 1.29 is 0 Å². The van der Waals surface area contributed by atoms with Crippen LogP contribution in [0, 0.1) is 11.3 Å². The van der Waals surface area contributed by atoms with Gasteiger partial charge in [0, 0.05) is 12.1 Å². The monoisotopic (exact) mass is 238 g/mol. The molecule has 0 aromatic carbocycles. The van der Waals surface area contributed by atoms with E-state index in [0.717, 1.165) is 12.5 Å². The number of rotatable bonds is 5. The van der Waals surface area contributed by atoms with Crippen LogP contribution in [0.4, 0.5) is 0 Å². The number of nitrogens with one attached hydrogen (secondary N) is 1. The lowest BCUT2D eigenvalue weighted by Gasteiger charge is -2.33. The summed E-state index contributed by atoms with van der Waals surface area (Å²) < 4.78 is 0. The van der Waals surface area contributed by atoms with Gasteiger partial charge in [-0.2, -0.15) is 0 Å². The smallest absolute Gasteiger partial charge is 0.0304 e. The molecule has 0 aliphatic heterocycles. The van der Waals surface area contributed by atoms with Crippen LogP contribution in [-0.2, 0) is 0 Å². The highest BCUT2D eigenvalue weighted by Gasteiger charge is 2.34. The van der Waals surface area contributed by atoms with Crippen molar-refractivity contribution in [1.82, 2.24) is 5.32 Å². The molecule has 2 saturated carbocycles. The summed E-state index contributed by atoms with van der Waals surface area (Å²) in [4.78, 5) is 0. The molecular formula is C15H30N2. The van der Waals surface area contributed by atoms with Gasteiger partial charge in [-0.15, -0.1) is 0 Å². The maximum atomic E-state index is 6.07. The zero-order valence-electron chi connectivity index (χ0n) is 11.7. The quantitative estimate of drug-likeness (QED) is 0.722. The van der Waals surface area contributed by atoms with E-state index < -0.39 is 0 Å². The van der Waals surface area contributed by atoms with Crippen molar-refractivity contribution in [3.63, 3.8) is 0 Å². The molecule has 0 spiro atoms. The summed E-state index contributed by atoms with van der Waals surface area (Å²) >= 11 is 0. The van der Waals surface area contributed by atoms with Crippen LogP contribution >= 0.6 is 0 Å². The summed E-state index contributed by atoms with van der Waals surface area (Å²) in [5.74, 6) is 1.03. The van der Waals surface area contributed by atoms with Crippen LogP contribution in [0.15, 0.2) is 0 Å². The molecule has 0 radical (unpaired) electrons. The van der Waals surface area contributed by atoms with Crippen molar-refractivity contribution >= 4 is 0 Å². The van der Waals surface area contributed by atoms with Gasteiger partial charge in [0.05, 0.1) is 0 Å². The van der Waals surface area contributed by atoms with E-state index in [9.17, 15) is 0 Å². The van der Waals surface area contributed by atoms with E-state index in [1.807, 2.05) is 0 Å². The van der Waals surface area contributed by atoms with Gasteiger partial charge in [0.25, 0.3) is 0 Å². The molecule has 2 heteroatoms. The Balaban J connectivity index is 1.83. The van der Waals surface area contributed by atoms with Crippen molar-refractivity contribution in [2.45, 2.75) is 70.8 Å². The summed E-state index contributed by atoms with van der Waals surface area (Å²) in [7, 11) is 0. The van der Waals surface area contributed by atoms with Crippen LogP contribution in [0.5, 0.6) is 0 Å². The zero-order chi connectivity index (χ0) is 12.4. The van der Waals surface area contributed by atoms with Crippen LogP contribution in [0.25, 0.3) is 0 Å². The SMILES string of the molecule is CC1(C)CCCC(CN)(NCCC2CC2)CC1. The Hall–Kier alpha value is -0.0800. The lowest BCUT2D eigenvalue weighted by molar-refractivity contribution is 0.265. The molecule has 1 unspecified atom stereocenters. The summed E-state index contributed by atoms with van der Waals surface area (Å²) in [5.41, 5.74) is 6.84. The molecule has 0 aromatic heterocycles. The van der Waals surface area contributed by atoms with Gasteiger partial charge in [-0.25, -0.2) is 0 Å². The molecule has 0 saturated heterocycles. The molecule has 17 heavy (non-hydrogen) atoms. The van der Waals surface area contributed by atoms with Crippen molar-refractivity contribution in [1.29, 1.82) is 0 Å². The Kier molecular flexibility index (Phi) is 4.14. The molecule has 1 atom stereocenters. The molecule has 2 nitrogen and oxygen atoms in total. The van der Waals surface area contributed by atoms with E-state index in [1.54, 1.807) is 0 Å². The van der Waals surface area contributed by atoms with Gasteiger partial charge in [-0.3, -0.25) is 0 Å². The minimum absolute atomic E-state index is 0.253. The van der Waals surface area contributed by atoms with Gasteiger partial charge in [0.2, 0.25) is 0 Å². The summed E-state index contributed by atoms with van der Waals surface area (Å²) in [6.45, 7) is 6.81. The number of hydrogen-bond donors (Lipinski definition) is 2. The zero-order valence-corrected chi connectivity index (χ0v) is 11.7. The molecular weight excluding hydrogens is 208 g/mol. The molecule has 0 amide bonds. The summed E-state index contributed by atoms with van der Waals surface area (Å²) in [6, 6.07) is 0. The van der Waals surface area contributed by atoms with Crippen molar-refractivity contribution in [3.8, 4) is 0 Å². The lowest BCUT2D eigenvalue weighted by Crippen LogP contribution is -2.51. The largest absolute Gasteiger partial charge is 0.329 e. The molecule has 0 bridgehead atoms. The first-order valence-corrected chi connectivity index (χ1v) is 7.50. The molecule has 3 N–H and O–H groups in total.